The van der Waals surface area contributed by atoms with Gasteiger partial charge >= 0.3 is 0 Å². The van der Waals surface area contributed by atoms with Crippen LogP contribution in [-0.4, -0.2) is 53.5 Å². The van der Waals surface area contributed by atoms with Crippen molar-refractivity contribution in [2.75, 3.05) is 26.4 Å². The summed E-state index contributed by atoms with van der Waals surface area (Å²) in [5.41, 5.74) is 0.0213. The largest absolute Gasteiger partial charge is 0.479 e. The number of aromatic nitrogens is 1. The van der Waals surface area contributed by atoms with Gasteiger partial charge in [0, 0.05) is 12.6 Å². The maximum Gasteiger partial charge on any atom is 0.276 e. The summed E-state index contributed by atoms with van der Waals surface area (Å²) >= 11 is 0. The second-order valence-corrected chi connectivity index (χ2v) is 5.43. The van der Waals surface area contributed by atoms with Gasteiger partial charge in [0.05, 0.1) is 25.9 Å². The van der Waals surface area contributed by atoms with Gasteiger partial charge in [0.25, 0.3) is 5.91 Å². The van der Waals surface area contributed by atoms with Crippen molar-refractivity contribution in [3.63, 3.8) is 0 Å². The maximum atomic E-state index is 13.5. The van der Waals surface area contributed by atoms with Crippen molar-refractivity contribution in [1.82, 2.24) is 10.1 Å². The predicted molar refractivity (Wildman–Crippen MR) is 79.9 cm³/mol. The van der Waals surface area contributed by atoms with E-state index in [1.165, 1.54) is 17.0 Å². The predicted octanol–water partition coefficient (Wildman–Crippen LogP) is 1.37. The molecule has 9 heteroatoms. The number of morpholine rings is 1. The van der Waals surface area contributed by atoms with Crippen LogP contribution in [0.1, 0.15) is 16.2 Å². The third-order valence-electron chi connectivity index (χ3n) is 3.75. The molecule has 1 amide bonds. The second kappa shape index (κ2) is 7.58. The molecule has 0 spiro atoms. The molecule has 7 nitrogen and oxygen atoms in total. The molecule has 1 atom stereocenters. The molecule has 0 saturated carbocycles. The molecule has 0 bridgehead atoms. The van der Waals surface area contributed by atoms with Crippen LogP contribution in [0.5, 0.6) is 5.75 Å². The molecule has 2 aromatic rings. The number of benzene rings is 1. The Hall–Kier alpha value is -2.52. The summed E-state index contributed by atoms with van der Waals surface area (Å²) in [6.07, 6.45) is 0. The molecule has 1 saturated heterocycles. The monoisotopic (exact) mass is 354 g/mol. The van der Waals surface area contributed by atoms with Crippen molar-refractivity contribution in [2.45, 2.75) is 12.6 Å². The lowest BCUT2D eigenvalue weighted by molar-refractivity contribution is -0.0188. The molecule has 25 heavy (non-hydrogen) atoms. The van der Waals surface area contributed by atoms with E-state index in [0.717, 1.165) is 12.1 Å². The van der Waals surface area contributed by atoms with Gasteiger partial charge in [-0.1, -0.05) is 11.2 Å². The van der Waals surface area contributed by atoms with Crippen molar-refractivity contribution in [3.05, 3.63) is 47.4 Å². The van der Waals surface area contributed by atoms with Gasteiger partial charge in [-0.2, -0.15) is 0 Å². The maximum absolute atomic E-state index is 13.5. The lowest BCUT2D eigenvalue weighted by Crippen LogP contribution is -2.50. The summed E-state index contributed by atoms with van der Waals surface area (Å²) in [6.45, 7) is 0.408. The summed E-state index contributed by atoms with van der Waals surface area (Å²) in [5, 5.41) is 13.0. The number of carbonyl (C=O) groups excluding carboxylic acids is 1. The highest BCUT2D eigenvalue weighted by atomic mass is 19.1. The van der Waals surface area contributed by atoms with Gasteiger partial charge < -0.3 is 24.0 Å². The van der Waals surface area contributed by atoms with E-state index in [1.54, 1.807) is 0 Å². The van der Waals surface area contributed by atoms with Gasteiger partial charge in [-0.05, 0) is 12.1 Å². The lowest BCUT2D eigenvalue weighted by Gasteiger charge is -2.33. The Balaban J connectivity index is 1.67. The second-order valence-electron chi connectivity index (χ2n) is 5.43. The zero-order valence-corrected chi connectivity index (χ0v) is 13.2. The Labute approximate surface area is 141 Å². The van der Waals surface area contributed by atoms with Crippen LogP contribution in [0.4, 0.5) is 8.78 Å². The zero-order chi connectivity index (χ0) is 17.8. The first-order valence-electron chi connectivity index (χ1n) is 7.62. The van der Waals surface area contributed by atoms with Crippen LogP contribution in [-0.2, 0) is 11.3 Å². The smallest absolute Gasteiger partial charge is 0.276 e. The number of aliphatic hydroxyl groups is 1. The van der Waals surface area contributed by atoms with Gasteiger partial charge in [-0.3, -0.25) is 4.79 Å². The van der Waals surface area contributed by atoms with Crippen molar-refractivity contribution < 1.29 is 32.7 Å². The molecular formula is C16H16F2N2O5. The molecule has 0 aliphatic carbocycles. The van der Waals surface area contributed by atoms with Crippen molar-refractivity contribution in [1.29, 1.82) is 0 Å². The lowest BCUT2D eigenvalue weighted by atomic mass is 10.2. The summed E-state index contributed by atoms with van der Waals surface area (Å²) in [7, 11) is 0. The number of aliphatic hydroxyl groups excluding tert-OH is 1. The van der Waals surface area contributed by atoms with Crippen LogP contribution in [0.15, 0.2) is 28.8 Å². The fourth-order valence-electron chi connectivity index (χ4n) is 2.47. The Morgan fingerprint density at radius 2 is 2.16 bits per heavy atom. The third kappa shape index (κ3) is 3.77. The molecule has 2 heterocycles. The van der Waals surface area contributed by atoms with Crippen LogP contribution in [0.3, 0.4) is 0 Å². The molecule has 1 aromatic heterocycles. The molecule has 1 unspecified atom stereocenters. The fraction of sp³-hybridized carbons (Fsp3) is 0.375. The Morgan fingerprint density at radius 1 is 1.40 bits per heavy atom. The van der Waals surface area contributed by atoms with Crippen molar-refractivity contribution in [3.8, 4) is 5.75 Å². The van der Waals surface area contributed by atoms with Gasteiger partial charge in [-0.15, -0.1) is 0 Å². The van der Waals surface area contributed by atoms with E-state index in [4.69, 9.17) is 14.0 Å². The van der Waals surface area contributed by atoms with Crippen molar-refractivity contribution >= 4 is 5.91 Å². The minimum absolute atomic E-state index is 0.0213. The number of nitrogens with zero attached hydrogens (tertiary/aromatic N) is 2. The van der Waals surface area contributed by atoms with Gasteiger partial charge in [0.2, 0.25) is 0 Å². The fourth-order valence-corrected chi connectivity index (χ4v) is 2.47. The number of hydrogen-bond acceptors (Lipinski definition) is 6. The Kier molecular flexibility index (Phi) is 5.25. The van der Waals surface area contributed by atoms with Crippen LogP contribution in [0, 0.1) is 11.6 Å². The van der Waals surface area contributed by atoms with E-state index in [2.05, 4.69) is 5.16 Å². The molecule has 1 fully saturated rings. The van der Waals surface area contributed by atoms with Crippen LogP contribution >= 0.6 is 0 Å². The number of halogens is 2. The molecule has 1 aliphatic rings. The van der Waals surface area contributed by atoms with Crippen LogP contribution in [0.25, 0.3) is 0 Å². The number of amides is 1. The van der Waals surface area contributed by atoms with E-state index in [0.29, 0.717) is 13.2 Å². The molecule has 0 radical (unpaired) electrons. The van der Waals surface area contributed by atoms with Gasteiger partial charge in [-0.25, -0.2) is 8.78 Å². The summed E-state index contributed by atoms with van der Waals surface area (Å²) in [6, 6.07) is 4.25. The minimum atomic E-state index is -0.838. The number of rotatable bonds is 5. The average molecular weight is 354 g/mol. The quantitative estimate of drug-likeness (QED) is 0.873. The first-order chi connectivity index (χ1) is 12.1. The third-order valence-corrected chi connectivity index (χ3v) is 3.75. The highest BCUT2D eigenvalue weighted by Crippen LogP contribution is 2.22. The van der Waals surface area contributed by atoms with Crippen molar-refractivity contribution in [2.24, 2.45) is 0 Å². The standard InChI is InChI=1S/C16H16F2N2O5/c17-12-2-1-3-13(18)15(12)24-9-11-6-14(19-25-11)16(22)20-4-5-23-8-10(20)7-21/h1-3,6,10,21H,4-5,7-9H2. The number of ether oxygens (including phenoxy) is 2. The summed E-state index contributed by atoms with van der Waals surface area (Å²) in [5.74, 6) is -2.49. The number of carbonyl (C=O) groups is 1. The highest BCUT2D eigenvalue weighted by Gasteiger charge is 2.29. The number of para-hydroxylation sites is 1. The zero-order valence-electron chi connectivity index (χ0n) is 13.2. The molecule has 3 rings (SSSR count). The van der Waals surface area contributed by atoms with E-state index >= 15 is 0 Å². The Bertz CT molecular complexity index is 732. The van der Waals surface area contributed by atoms with Crippen LogP contribution in [0.2, 0.25) is 0 Å². The first-order valence-corrected chi connectivity index (χ1v) is 7.62. The van der Waals surface area contributed by atoms with E-state index < -0.39 is 29.3 Å². The average Bonchev–Trinajstić information content (AvgIpc) is 3.09. The van der Waals surface area contributed by atoms with Gasteiger partial charge in [0.1, 0.15) is 6.61 Å². The normalized spacial score (nSPS) is 17.6. The number of hydrogen-bond donors (Lipinski definition) is 1. The van der Waals surface area contributed by atoms with Crippen LogP contribution < -0.4 is 4.74 Å². The molecular weight excluding hydrogens is 338 g/mol. The summed E-state index contributed by atoms with van der Waals surface area (Å²) in [4.78, 5) is 13.9. The Morgan fingerprint density at radius 3 is 2.88 bits per heavy atom. The summed E-state index contributed by atoms with van der Waals surface area (Å²) < 4.78 is 42.3. The highest BCUT2D eigenvalue weighted by molar-refractivity contribution is 5.92. The molecule has 134 valence electrons. The molecule has 1 aliphatic heterocycles. The van der Waals surface area contributed by atoms with E-state index in [9.17, 15) is 18.7 Å². The topological polar surface area (TPSA) is 85.0 Å². The van der Waals surface area contributed by atoms with E-state index in [-0.39, 0.29) is 31.3 Å². The first kappa shape index (κ1) is 17.3. The minimum Gasteiger partial charge on any atom is -0.479 e. The molecule has 1 aromatic carbocycles. The molecule has 1 N–H and O–H groups in total. The SMILES string of the molecule is O=C(c1cc(COc2c(F)cccc2F)on1)N1CCOCC1CO. The van der Waals surface area contributed by atoms with E-state index in [1.807, 2.05) is 0 Å². The van der Waals surface area contributed by atoms with Gasteiger partial charge in [0.15, 0.2) is 28.8 Å².